The maximum atomic E-state index is 7.81. The van der Waals surface area contributed by atoms with Gasteiger partial charge in [-0.2, -0.15) is 0 Å². The summed E-state index contributed by atoms with van der Waals surface area (Å²) in [7, 11) is 0. The van der Waals surface area contributed by atoms with E-state index in [2.05, 4.69) is 128 Å². The Morgan fingerprint density at radius 2 is 0.976 bits per heavy atom. The van der Waals surface area contributed by atoms with E-state index in [9.17, 15) is 0 Å². The third-order valence-corrected chi connectivity index (χ3v) is 8.10. The molecule has 0 aliphatic carbocycles. The summed E-state index contributed by atoms with van der Waals surface area (Å²) in [6.45, 7) is 15.6. The summed E-state index contributed by atoms with van der Waals surface area (Å²) < 4.78 is 4.63. The van der Waals surface area contributed by atoms with Gasteiger partial charge in [0.15, 0.2) is 11.4 Å². The van der Waals surface area contributed by atoms with E-state index in [1.54, 1.807) is 6.07 Å². The second-order valence-corrected chi connectivity index (χ2v) is 10.4. The van der Waals surface area contributed by atoms with E-state index in [1.165, 1.54) is 10.8 Å². The fourth-order valence-electron chi connectivity index (χ4n) is 6.43. The number of para-hydroxylation sites is 4. The van der Waals surface area contributed by atoms with Crippen LogP contribution in [0.4, 0.5) is 11.4 Å². The number of rotatable bonds is 3. The minimum absolute atomic E-state index is 0.454. The Hall–Kier alpha value is -6.10. The van der Waals surface area contributed by atoms with Crippen LogP contribution in [-0.4, -0.2) is 9.13 Å². The molecule has 8 aromatic rings. The van der Waals surface area contributed by atoms with Gasteiger partial charge in [0.1, 0.15) is 0 Å². The van der Waals surface area contributed by atoms with Gasteiger partial charge in [0.25, 0.3) is 0 Å². The molecule has 0 radical (unpaired) electrons. The van der Waals surface area contributed by atoms with Crippen LogP contribution in [-0.2, 0) is 0 Å². The first kappa shape index (κ1) is 23.8. The van der Waals surface area contributed by atoms with E-state index in [1.807, 2.05) is 18.2 Å². The van der Waals surface area contributed by atoms with Gasteiger partial charge < -0.3 is 9.13 Å². The molecular formula is C38H22N4. The Labute approximate surface area is 242 Å². The molecule has 8 rings (SSSR count). The van der Waals surface area contributed by atoms with Gasteiger partial charge in [-0.1, -0.05) is 91.0 Å². The van der Waals surface area contributed by atoms with Gasteiger partial charge in [0.05, 0.1) is 40.9 Å². The van der Waals surface area contributed by atoms with E-state index < -0.39 is 0 Å². The molecule has 6 aromatic carbocycles. The molecule has 0 aliphatic rings. The molecule has 0 fully saturated rings. The minimum atomic E-state index is 0.454. The highest BCUT2D eigenvalue weighted by Crippen LogP contribution is 2.45. The molecule has 2 heterocycles. The summed E-state index contributed by atoms with van der Waals surface area (Å²) in [6, 6.07) is 45.8. The zero-order valence-electron chi connectivity index (χ0n) is 22.5. The molecule has 0 unspecified atom stereocenters. The zero-order valence-corrected chi connectivity index (χ0v) is 22.5. The molecule has 42 heavy (non-hydrogen) atoms. The zero-order chi connectivity index (χ0) is 28.2. The van der Waals surface area contributed by atoms with Crippen molar-refractivity contribution >= 4 is 55.0 Å². The Morgan fingerprint density at radius 3 is 1.57 bits per heavy atom. The van der Waals surface area contributed by atoms with Crippen LogP contribution >= 0.6 is 0 Å². The van der Waals surface area contributed by atoms with Crippen LogP contribution in [0.1, 0.15) is 0 Å². The van der Waals surface area contributed by atoms with Gasteiger partial charge in [0, 0.05) is 32.8 Å². The van der Waals surface area contributed by atoms with Gasteiger partial charge in [0.2, 0.25) is 0 Å². The number of hydrogen-bond donors (Lipinski definition) is 0. The Balaban J connectivity index is 1.62. The smallest absolute Gasteiger partial charge is 0.177 e. The Bertz CT molecular complexity index is 2340. The summed E-state index contributed by atoms with van der Waals surface area (Å²) in [6.07, 6.45) is 0. The van der Waals surface area contributed by atoms with Crippen molar-refractivity contribution in [3.05, 3.63) is 156 Å². The quantitative estimate of drug-likeness (QED) is 0.201. The number of aromatic nitrogens is 2. The molecule has 0 atom stereocenters. The third kappa shape index (κ3) is 3.40. The molecule has 0 saturated carbocycles. The second-order valence-electron chi connectivity index (χ2n) is 10.4. The van der Waals surface area contributed by atoms with E-state index >= 15 is 0 Å². The van der Waals surface area contributed by atoms with Gasteiger partial charge in [-0.05, 0) is 48.0 Å². The largest absolute Gasteiger partial charge is 0.309 e. The van der Waals surface area contributed by atoms with Gasteiger partial charge in [-0.25, -0.2) is 9.69 Å². The number of benzene rings is 6. The topological polar surface area (TPSA) is 18.6 Å². The average molecular weight is 535 g/mol. The monoisotopic (exact) mass is 534 g/mol. The van der Waals surface area contributed by atoms with Crippen LogP contribution < -0.4 is 0 Å². The second kappa shape index (κ2) is 9.24. The van der Waals surface area contributed by atoms with Crippen molar-refractivity contribution < 1.29 is 0 Å². The number of nitrogens with zero attached hydrogens (tertiary/aromatic N) is 4. The summed E-state index contributed by atoms with van der Waals surface area (Å²) in [4.78, 5) is 7.49. The maximum absolute atomic E-state index is 7.81. The lowest BCUT2D eigenvalue weighted by Crippen LogP contribution is -1.99. The van der Waals surface area contributed by atoms with Crippen molar-refractivity contribution in [3.8, 4) is 22.5 Å². The fraction of sp³-hybridized carbons (Fsp3) is 0. The van der Waals surface area contributed by atoms with Crippen LogP contribution in [0.3, 0.4) is 0 Å². The van der Waals surface area contributed by atoms with Crippen molar-refractivity contribution in [1.29, 1.82) is 0 Å². The summed E-state index contributed by atoms with van der Waals surface area (Å²) in [5.74, 6) is 0. The highest BCUT2D eigenvalue weighted by atomic mass is 15.0. The first-order valence-corrected chi connectivity index (χ1v) is 13.8. The van der Waals surface area contributed by atoms with Gasteiger partial charge in [-0.3, -0.25) is 0 Å². The SMILES string of the molecule is [C-]#[N+]c1cc([N+]#[C-])cc(-c2c(-n3c4ccccc4c4ccccc43)ccc3c2c2ccccc2n3-c2ccccc2)c1. The molecule has 194 valence electrons. The van der Waals surface area contributed by atoms with Crippen LogP contribution in [0.5, 0.6) is 0 Å². The average Bonchev–Trinajstić information content (AvgIpc) is 3.57. The standard InChI is InChI=1S/C38H22N4/c1-39-26-22-25(23-27(24-26)40-2)37-35(42-32-17-9-6-14-29(32)30-15-7-10-18-33(30)42)20-21-36-38(37)31-16-8-11-19-34(31)41(36)28-12-4-3-5-13-28/h3-24H. The molecule has 4 nitrogen and oxygen atoms in total. The van der Waals surface area contributed by atoms with Crippen LogP contribution in [0.25, 0.3) is 75.8 Å². The first-order valence-electron chi connectivity index (χ1n) is 13.8. The van der Waals surface area contributed by atoms with Crippen molar-refractivity contribution in [2.75, 3.05) is 0 Å². The molecule has 2 aromatic heterocycles. The van der Waals surface area contributed by atoms with E-state index in [0.717, 1.165) is 55.3 Å². The highest BCUT2D eigenvalue weighted by molar-refractivity contribution is 6.19. The number of fused-ring (bicyclic) bond motifs is 6. The van der Waals surface area contributed by atoms with Crippen molar-refractivity contribution in [1.82, 2.24) is 9.13 Å². The van der Waals surface area contributed by atoms with Crippen LogP contribution in [0, 0.1) is 13.1 Å². The normalized spacial score (nSPS) is 11.3. The lowest BCUT2D eigenvalue weighted by Gasteiger charge is -2.17. The fourth-order valence-corrected chi connectivity index (χ4v) is 6.43. The first-order chi connectivity index (χ1) is 20.8. The Kier molecular flexibility index (Phi) is 5.22. The third-order valence-electron chi connectivity index (χ3n) is 8.10. The molecule has 0 aliphatic heterocycles. The molecule has 0 bridgehead atoms. The van der Waals surface area contributed by atoms with Crippen molar-refractivity contribution in [3.63, 3.8) is 0 Å². The Morgan fingerprint density at radius 1 is 0.452 bits per heavy atom. The van der Waals surface area contributed by atoms with Gasteiger partial charge >= 0.3 is 0 Å². The summed E-state index contributed by atoms with van der Waals surface area (Å²) in [5, 5.41) is 4.57. The molecule has 0 N–H and O–H groups in total. The predicted octanol–water partition coefficient (Wildman–Crippen LogP) is 10.6. The maximum Gasteiger partial charge on any atom is 0.177 e. The molecule has 0 amide bonds. The van der Waals surface area contributed by atoms with Crippen LogP contribution in [0.2, 0.25) is 0 Å². The van der Waals surface area contributed by atoms with Crippen LogP contribution in [0.15, 0.2) is 133 Å². The van der Waals surface area contributed by atoms with E-state index in [0.29, 0.717) is 11.4 Å². The van der Waals surface area contributed by atoms with E-state index in [4.69, 9.17) is 13.1 Å². The molecular weight excluding hydrogens is 512 g/mol. The van der Waals surface area contributed by atoms with Crippen molar-refractivity contribution in [2.24, 2.45) is 0 Å². The van der Waals surface area contributed by atoms with E-state index in [-0.39, 0.29) is 0 Å². The lowest BCUT2D eigenvalue weighted by molar-refractivity contribution is 1.17. The van der Waals surface area contributed by atoms with Crippen molar-refractivity contribution in [2.45, 2.75) is 0 Å². The minimum Gasteiger partial charge on any atom is -0.309 e. The summed E-state index contributed by atoms with van der Waals surface area (Å²) in [5.41, 5.74) is 9.24. The lowest BCUT2D eigenvalue weighted by atomic mass is 9.96. The highest BCUT2D eigenvalue weighted by Gasteiger charge is 2.22. The summed E-state index contributed by atoms with van der Waals surface area (Å²) >= 11 is 0. The predicted molar refractivity (Wildman–Crippen MR) is 173 cm³/mol. The van der Waals surface area contributed by atoms with Gasteiger partial charge in [-0.15, -0.1) is 0 Å². The molecule has 0 spiro atoms. The molecule has 4 heteroatoms. The molecule has 0 saturated heterocycles. The number of hydrogen-bond acceptors (Lipinski definition) is 0.